The summed E-state index contributed by atoms with van der Waals surface area (Å²) < 4.78 is 12.5. The van der Waals surface area contributed by atoms with E-state index in [9.17, 15) is 14.7 Å². The van der Waals surface area contributed by atoms with Gasteiger partial charge in [0.25, 0.3) is 0 Å². The van der Waals surface area contributed by atoms with Gasteiger partial charge in [-0.2, -0.15) is 0 Å². The van der Waals surface area contributed by atoms with Gasteiger partial charge in [-0.15, -0.1) is 13.2 Å². The maximum Gasteiger partial charge on any atom is 0.249 e. The fraction of sp³-hybridized carbons (Fsp3) is 0.375. The van der Waals surface area contributed by atoms with Crippen LogP contribution in [0.4, 0.5) is 5.69 Å². The molecular formula is C40H44BrN3O6. The van der Waals surface area contributed by atoms with Crippen molar-refractivity contribution in [3.05, 3.63) is 121 Å². The van der Waals surface area contributed by atoms with Gasteiger partial charge in [0, 0.05) is 30.1 Å². The monoisotopic (exact) mass is 741 g/mol. The summed E-state index contributed by atoms with van der Waals surface area (Å²) in [5.74, 6) is -2.09. The summed E-state index contributed by atoms with van der Waals surface area (Å²) in [7, 11) is 0. The van der Waals surface area contributed by atoms with Crippen LogP contribution in [-0.4, -0.2) is 87.5 Å². The van der Waals surface area contributed by atoms with Crippen LogP contribution < -0.4 is 9.64 Å². The van der Waals surface area contributed by atoms with Gasteiger partial charge in [-0.1, -0.05) is 88.7 Å². The van der Waals surface area contributed by atoms with Crippen molar-refractivity contribution in [2.75, 3.05) is 31.2 Å². The van der Waals surface area contributed by atoms with Crippen molar-refractivity contribution in [2.24, 2.45) is 11.8 Å². The minimum atomic E-state index is -1.30. The number of carbonyl (C=O) groups excluding carboxylic acids is 3. The highest BCUT2D eigenvalue weighted by Crippen LogP contribution is 2.61. The molecule has 3 heterocycles. The van der Waals surface area contributed by atoms with Crippen LogP contribution in [0.2, 0.25) is 0 Å². The highest BCUT2D eigenvalue weighted by Gasteiger charge is 2.77. The lowest BCUT2D eigenvalue weighted by atomic mass is 9.70. The molecule has 3 amide bonds. The van der Waals surface area contributed by atoms with Gasteiger partial charge in [-0.3, -0.25) is 14.4 Å². The third-order valence-electron chi connectivity index (χ3n) is 10.1. The van der Waals surface area contributed by atoms with Gasteiger partial charge in [0.2, 0.25) is 17.7 Å². The predicted molar refractivity (Wildman–Crippen MR) is 196 cm³/mol. The summed E-state index contributed by atoms with van der Waals surface area (Å²) in [6, 6.07) is 24.7. The first kappa shape index (κ1) is 35.6. The second kappa shape index (κ2) is 15.3. The number of hydrogen-bond donors (Lipinski definition) is 1. The van der Waals surface area contributed by atoms with Gasteiger partial charge < -0.3 is 29.3 Å². The predicted octanol–water partition coefficient (Wildman–Crippen LogP) is 5.17. The summed E-state index contributed by atoms with van der Waals surface area (Å²) in [4.78, 5) is 49.3. The van der Waals surface area contributed by atoms with Gasteiger partial charge >= 0.3 is 0 Å². The number of carbonyl (C=O) groups is 3. The Morgan fingerprint density at radius 3 is 2.24 bits per heavy atom. The number of amides is 3. The number of ether oxygens (including phenoxy) is 2. The minimum absolute atomic E-state index is 0.209. The van der Waals surface area contributed by atoms with E-state index in [-0.39, 0.29) is 42.2 Å². The molecule has 3 fully saturated rings. The molecule has 6 rings (SSSR count). The number of anilines is 1. The smallest absolute Gasteiger partial charge is 0.249 e. The topological polar surface area (TPSA) is 99.6 Å². The van der Waals surface area contributed by atoms with Gasteiger partial charge in [-0.25, -0.2) is 0 Å². The van der Waals surface area contributed by atoms with Gasteiger partial charge in [0.15, 0.2) is 0 Å². The number of nitrogens with zero attached hydrogens (tertiary/aromatic N) is 3. The van der Waals surface area contributed by atoms with Crippen LogP contribution in [0.25, 0.3) is 0 Å². The number of halogens is 1. The van der Waals surface area contributed by atoms with E-state index in [0.717, 1.165) is 11.1 Å². The molecule has 3 saturated heterocycles. The molecule has 3 unspecified atom stereocenters. The third-order valence-corrected chi connectivity index (χ3v) is 10.9. The molecule has 1 N–H and O–H groups in total. The van der Waals surface area contributed by atoms with E-state index >= 15 is 4.79 Å². The maximum atomic E-state index is 15.0. The lowest BCUT2D eigenvalue weighted by Crippen LogP contribution is -2.59. The summed E-state index contributed by atoms with van der Waals surface area (Å²) in [5, 5.41) is 10.9. The largest absolute Gasteiger partial charge is 0.494 e. The Kier molecular flexibility index (Phi) is 10.9. The molecule has 1 spiro atoms. The molecule has 3 aromatic rings. The van der Waals surface area contributed by atoms with Gasteiger partial charge in [0.1, 0.15) is 17.4 Å². The summed E-state index contributed by atoms with van der Waals surface area (Å²) in [6.07, 6.45) is 3.35. The van der Waals surface area contributed by atoms with E-state index in [2.05, 4.69) is 29.1 Å². The molecule has 3 aliphatic heterocycles. The molecular weight excluding hydrogens is 698 g/mol. The van der Waals surface area contributed by atoms with Gasteiger partial charge in [0.05, 0.1) is 37.2 Å². The lowest BCUT2D eigenvalue weighted by molar-refractivity contribution is -0.151. The Morgan fingerprint density at radius 1 is 1.00 bits per heavy atom. The number of fused-ring (bicyclic) bond motifs is 1. The molecule has 0 aliphatic carbocycles. The van der Waals surface area contributed by atoms with Crippen molar-refractivity contribution in [3.63, 3.8) is 0 Å². The zero-order chi connectivity index (χ0) is 35.4. The van der Waals surface area contributed by atoms with E-state index in [0.29, 0.717) is 37.4 Å². The Hall–Kier alpha value is -4.25. The van der Waals surface area contributed by atoms with E-state index in [4.69, 9.17) is 9.47 Å². The molecule has 7 atom stereocenters. The van der Waals surface area contributed by atoms with Crippen LogP contribution in [0, 0.1) is 11.8 Å². The number of alkyl halides is 1. The standard InChI is InChI=1S/C40H44BrN3O6/c1-4-21-42(25-28-15-11-8-12-16-28)39(48)36-40-24-32(41)35(50-40)33(37(46)43(22-5-2)29-17-19-31(20-18-29)49-6-3)34(40)38(47)44(36)30(26-45)23-27-13-9-7-10-14-27/h4-5,7-20,30,32-36,45H,1-2,6,21-26H2,3H3/t30-,32?,33+,34+,35+,36?,40?/m1/s1. The van der Waals surface area contributed by atoms with E-state index in [1.165, 1.54) is 4.90 Å². The Labute approximate surface area is 302 Å². The van der Waals surface area contributed by atoms with Crippen LogP contribution >= 0.6 is 15.9 Å². The van der Waals surface area contributed by atoms with Crippen molar-refractivity contribution in [2.45, 2.75) is 54.9 Å². The van der Waals surface area contributed by atoms with Crippen molar-refractivity contribution in [1.82, 2.24) is 9.80 Å². The highest BCUT2D eigenvalue weighted by molar-refractivity contribution is 9.09. The van der Waals surface area contributed by atoms with Crippen molar-refractivity contribution >= 4 is 39.3 Å². The van der Waals surface area contributed by atoms with Crippen molar-refractivity contribution in [1.29, 1.82) is 0 Å². The molecule has 3 aromatic carbocycles. The normalized spacial score (nSPS) is 25.5. The fourth-order valence-corrected chi connectivity index (χ4v) is 8.99. The SMILES string of the molecule is C=CCN(Cc1ccccc1)C(=O)C1N([C@@H](CO)Cc2ccccc2)C(=O)[C@@H]2[C@H](C(=O)N(CC=C)c3ccc(OCC)cc3)[C@H]3OC12CC3Br. The third kappa shape index (κ3) is 6.52. The van der Waals surface area contributed by atoms with Crippen molar-refractivity contribution in [3.8, 4) is 5.75 Å². The van der Waals surface area contributed by atoms with Crippen LogP contribution in [0.3, 0.4) is 0 Å². The van der Waals surface area contributed by atoms with E-state index in [1.54, 1.807) is 22.0 Å². The molecule has 262 valence electrons. The van der Waals surface area contributed by atoms with Gasteiger partial charge in [-0.05, 0) is 55.2 Å². The molecule has 9 nitrogen and oxygen atoms in total. The van der Waals surface area contributed by atoms with Crippen molar-refractivity contribution < 1.29 is 29.0 Å². The molecule has 2 bridgehead atoms. The van der Waals surface area contributed by atoms with E-state index in [1.807, 2.05) is 91.9 Å². The fourth-order valence-electron chi connectivity index (χ4n) is 8.04. The number of rotatable bonds is 15. The van der Waals surface area contributed by atoms with Crippen LogP contribution in [0.1, 0.15) is 24.5 Å². The molecule has 10 heteroatoms. The second-order valence-electron chi connectivity index (χ2n) is 13.1. The lowest BCUT2D eigenvalue weighted by Gasteiger charge is -2.39. The highest BCUT2D eigenvalue weighted by atomic mass is 79.9. The number of aliphatic hydroxyl groups is 1. The minimum Gasteiger partial charge on any atom is -0.494 e. The summed E-state index contributed by atoms with van der Waals surface area (Å²) in [6.45, 7) is 10.6. The molecule has 0 saturated carbocycles. The molecule has 50 heavy (non-hydrogen) atoms. The zero-order valence-corrected chi connectivity index (χ0v) is 29.9. The second-order valence-corrected chi connectivity index (χ2v) is 14.3. The van der Waals surface area contributed by atoms with E-state index < -0.39 is 35.6 Å². The molecule has 0 aromatic heterocycles. The Morgan fingerprint density at radius 2 is 1.64 bits per heavy atom. The maximum absolute atomic E-state index is 15.0. The quantitative estimate of drug-likeness (QED) is 0.171. The zero-order valence-electron chi connectivity index (χ0n) is 28.3. The first-order valence-corrected chi connectivity index (χ1v) is 18.1. The number of aliphatic hydroxyl groups excluding tert-OH is 1. The summed E-state index contributed by atoms with van der Waals surface area (Å²) in [5.41, 5.74) is 1.17. The molecule has 3 aliphatic rings. The van der Waals surface area contributed by atoms with Crippen LogP contribution in [-0.2, 0) is 32.1 Å². The first-order valence-electron chi connectivity index (χ1n) is 17.2. The van der Waals surface area contributed by atoms with Crippen LogP contribution in [0.15, 0.2) is 110 Å². The number of benzene rings is 3. The number of hydrogen-bond acceptors (Lipinski definition) is 6. The molecule has 0 radical (unpaired) electrons. The van der Waals surface area contributed by atoms with Crippen LogP contribution in [0.5, 0.6) is 5.75 Å². The average Bonchev–Trinajstić information content (AvgIpc) is 3.73. The Balaban J connectivity index is 1.42. The Bertz CT molecular complexity index is 1690. The number of likely N-dealkylation sites (tertiary alicyclic amines) is 1. The average molecular weight is 743 g/mol. The summed E-state index contributed by atoms with van der Waals surface area (Å²) >= 11 is 3.80. The first-order chi connectivity index (χ1) is 24.3.